The Morgan fingerprint density at radius 2 is 1.96 bits per heavy atom. The Morgan fingerprint density at radius 1 is 1.25 bits per heavy atom. The molecule has 1 aromatic heterocycles. The number of amides is 1. The molecule has 0 unspecified atom stereocenters. The molecule has 148 valence electrons. The average Bonchev–Trinajstić information content (AvgIpc) is 3.01. The van der Waals surface area contributed by atoms with Gasteiger partial charge in [0.15, 0.2) is 5.82 Å². The van der Waals surface area contributed by atoms with E-state index in [-0.39, 0.29) is 18.0 Å². The Balaban J connectivity index is 1.69. The van der Waals surface area contributed by atoms with E-state index in [1.54, 1.807) is 12.3 Å². The lowest BCUT2D eigenvalue weighted by atomic mass is 10.1. The van der Waals surface area contributed by atoms with E-state index in [2.05, 4.69) is 15.2 Å². The summed E-state index contributed by atoms with van der Waals surface area (Å²) in [5.41, 5.74) is 0.693. The Hall–Kier alpha value is -2.48. The number of fused-ring (bicyclic) bond motifs is 3. The highest BCUT2D eigenvalue weighted by molar-refractivity contribution is 6.30. The number of halogens is 4. The molecule has 3 heterocycles. The van der Waals surface area contributed by atoms with Crippen LogP contribution in [0.4, 0.5) is 30.4 Å². The predicted octanol–water partition coefficient (Wildman–Crippen LogP) is 3.99. The molecule has 1 saturated heterocycles. The summed E-state index contributed by atoms with van der Waals surface area (Å²) >= 11 is 6.14. The minimum absolute atomic E-state index is 0.000355. The molecule has 2 aliphatic rings. The van der Waals surface area contributed by atoms with Crippen molar-refractivity contribution in [3.05, 3.63) is 47.1 Å². The summed E-state index contributed by atoms with van der Waals surface area (Å²) < 4.78 is 38.7. The highest BCUT2D eigenvalue weighted by atomic mass is 35.5. The van der Waals surface area contributed by atoms with Crippen molar-refractivity contribution >= 4 is 34.7 Å². The van der Waals surface area contributed by atoms with Crippen LogP contribution in [0.1, 0.15) is 18.9 Å². The fourth-order valence-electron chi connectivity index (χ4n) is 3.97. The van der Waals surface area contributed by atoms with Crippen LogP contribution in [0, 0.1) is 0 Å². The predicted molar refractivity (Wildman–Crippen MR) is 101 cm³/mol. The number of pyridine rings is 1. The summed E-state index contributed by atoms with van der Waals surface area (Å²) in [5.74, 6) is 0.627. The van der Waals surface area contributed by atoms with Gasteiger partial charge in [-0.25, -0.2) is 4.98 Å². The molecular formula is C19H18ClF3N4O. The van der Waals surface area contributed by atoms with E-state index >= 15 is 0 Å². The fourth-order valence-corrected chi connectivity index (χ4v) is 4.12. The van der Waals surface area contributed by atoms with Crippen LogP contribution in [0.2, 0.25) is 5.02 Å². The summed E-state index contributed by atoms with van der Waals surface area (Å²) in [6, 6.07) is 6.93. The zero-order chi connectivity index (χ0) is 20.1. The first-order valence-electron chi connectivity index (χ1n) is 8.86. The van der Waals surface area contributed by atoms with Crippen LogP contribution in [-0.2, 0) is 11.0 Å². The van der Waals surface area contributed by atoms with Crippen LogP contribution in [0.3, 0.4) is 0 Å². The van der Waals surface area contributed by atoms with Gasteiger partial charge in [-0.05, 0) is 36.8 Å². The molecule has 9 heteroatoms. The van der Waals surface area contributed by atoms with Gasteiger partial charge in [-0.3, -0.25) is 4.79 Å². The average molecular weight is 411 g/mol. The van der Waals surface area contributed by atoms with Crippen LogP contribution in [0.5, 0.6) is 0 Å². The number of benzene rings is 1. The van der Waals surface area contributed by atoms with Crippen molar-refractivity contribution in [3.63, 3.8) is 0 Å². The van der Waals surface area contributed by atoms with Crippen LogP contribution >= 0.6 is 11.6 Å². The van der Waals surface area contributed by atoms with Gasteiger partial charge in [0.2, 0.25) is 5.91 Å². The molecule has 1 aromatic carbocycles. The Labute approximate surface area is 165 Å². The van der Waals surface area contributed by atoms with Gasteiger partial charge in [0.05, 0.1) is 22.3 Å². The Morgan fingerprint density at radius 3 is 2.61 bits per heavy atom. The fraction of sp³-hybridized carbons (Fsp3) is 0.368. The number of nitrogens with one attached hydrogen (secondary N) is 1. The number of nitrogens with zero attached hydrogens (tertiary/aromatic N) is 3. The van der Waals surface area contributed by atoms with Gasteiger partial charge in [-0.1, -0.05) is 11.6 Å². The van der Waals surface area contributed by atoms with E-state index in [0.29, 0.717) is 29.6 Å². The molecule has 2 aliphatic heterocycles. The molecule has 5 nitrogen and oxygen atoms in total. The molecule has 1 fully saturated rings. The van der Waals surface area contributed by atoms with Gasteiger partial charge in [0.25, 0.3) is 0 Å². The maximum absolute atomic E-state index is 12.9. The quantitative estimate of drug-likeness (QED) is 0.813. The lowest BCUT2D eigenvalue weighted by Crippen LogP contribution is -2.44. The third-order valence-electron chi connectivity index (χ3n) is 5.10. The first-order valence-corrected chi connectivity index (χ1v) is 9.24. The van der Waals surface area contributed by atoms with Gasteiger partial charge in [0, 0.05) is 37.9 Å². The molecule has 1 N–H and O–H groups in total. The molecule has 4 rings (SSSR count). The molecule has 0 spiro atoms. The minimum atomic E-state index is -4.38. The standard InChI is InChI=1S/C19H18ClF3N4O/c1-11(28)25-14-7-16-10-26(15-4-2-12(3-5-15)19(21,22)23)17-6-13(20)8-24-18(17)27(16)9-14/h2-6,8,14,16H,7,9-10H2,1H3,(H,25,28)/t14-,16-/m1/s1. The smallest absolute Gasteiger partial charge is 0.352 e. The van der Waals surface area contributed by atoms with Crippen LogP contribution < -0.4 is 15.1 Å². The summed E-state index contributed by atoms with van der Waals surface area (Å²) in [6.45, 7) is 2.68. The third-order valence-corrected chi connectivity index (χ3v) is 5.30. The molecule has 1 amide bonds. The lowest BCUT2D eigenvalue weighted by molar-refractivity contribution is -0.137. The van der Waals surface area contributed by atoms with E-state index in [0.717, 1.165) is 24.2 Å². The van der Waals surface area contributed by atoms with Crippen molar-refractivity contribution in [2.45, 2.75) is 31.6 Å². The van der Waals surface area contributed by atoms with E-state index in [9.17, 15) is 18.0 Å². The zero-order valence-electron chi connectivity index (χ0n) is 15.0. The largest absolute Gasteiger partial charge is 0.416 e. The van der Waals surface area contributed by atoms with E-state index in [4.69, 9.17) is 11.6 Å². The molecular weight excluding hydrogens is 393 g/mol. The van der Waals surface area contributed by atoms with Crippen molar-refractivity contribution in [2.24, 2.45) is 0 Å². The van der Waals surface area contributed by atoms with Gasteiger partial charge >= 0.3 is 6.18 Å². The van der Waals surface area contributed by atoms with Crippen molar-refractivity contribution < 1.29 is 18.0 Å². The number of carbonyl (C=O) groups is 1. The molecule has 0 bridgehead atoms. The van der Waals surface area contributed by atoms with Gasteiger partial charge < -0.3 is 15.1 Å². The third kappa shape index (κ3) is 3.48. The number of anilines is 3. The number of carbonyl (C=O) groups excluding carboxylic acids is 1. The molecule has 28 heavy (non-hydrogen) atoms. The highest BCUT2D eigenvalue weighted by Crippen LogP contribution is 2.43. The van der Waals surface area contributed by atoms with Crippen molar-refractivity contribution in [2.75, 3.05) is 22.9 Å². The van der Waals surface area contributed by atoms with Crippen molar-refractivity contribution in [3.8, 4) is 0 Å². The second-order valence-electron chi connectivity index (χ2n) is 7.09. The minimum Gasteiger partial charge on any atom is -0.352 e. The molecule has 2 atom stereocenters. The van der Waals surface area contributed by atoms with E-state index < -0.39 is 11.7 Å². The molecule has 2 aromatic rings. The number of rotatable bonds is 2. The zero-order valence-corrected chi connectivity index (χ0v) is 15.8. The summed E-state index contributed by atoms with van der Waals surface area (Å²) in [5, 5.41) is 3.39. The van der Waals surface area contributed by atoms with Gasteiger partial charge in [-0.2, -0.15) is 13.2 Å². The first-order chi connectivity index (χ1) is 13.2. The number of hydrogen-bond acceptors (Lipinski definition) is 4. The second-order valence-corrected chi connectivity index (χ2v) is 7.53. The molecule has 0 aliphatic carbocycles. The topological polar surface area (TPSA) is 48.5 Å². The van der Waals surface area contributed by atoms with E-state index in [1.165, 1.54) is 19.1 Å². The number of hydrogen-bond donors (Lipinski definition) is 1. The second kappa shape index (κ2) is 6.84. The maximum atomic E-state index is 12.9. The van der Waals surface area contributed by atoms with Crippen molar-refractivity contribution in [1.29, 1.82) is 0 Å². The highest BCUT2D eigenvalue weighted by Gasteiger charge is 2.40. The number of alkyl halides is 3. The summed E-state index contributed by atoms with van der Waals surface area (Å²) in [6.07, 6.45) is -2.09. The van der Waals surface area contributed by atoms with Crippen molar-refractivity contribution in [1.82, 2.24) is 10.3 Å². The van der Waals surface area contributed by atoms with E-state index in [1.807, 2.05) is 4.90 Å². The van der Waals surface area contributed by atoms with Crippen LogP contribution in [-0.4, -0.2) is 36.1 Å². The summed E-state index contributed by atoms with van der Waals surface area (Å²) in [7, 11) is 0. The maximum Gasteiger partial charge on any atom is 0.416 e. The SMILES string of the molecule is CC(=O)N[C@@H]1C[C@@H]2CN(c3ccc(C(F)(F)F)cc3)c3cc(Cl)cnc3N2C1. The van der Waals surface area contributed by atoms with Crippen LogP contribution in [0.15, 0.2) is 36.5 Å². The monoisotopic (exact) mass is 410 g/mol. The molecule has 0 saturated carbocycles. The Bertz CT molecular complexity index is 903. The Kier molecular flexibility index (Phi) is 4.61. The van der Waals surface area contributed by atoms with Gasteiger partial charge in [-0.15, -0.1) is 0 Å². The van der Waals surface area contributed by atoms with Crippen LogP contribution in [0.25, 0.3) is 0 Å². The first kappa shape index (κ1) is 18.9. The van der Waals surface area contributed by atoms with Gasteiger partial charge in [0.1, 0.15) is 0 Å². The normalized spacial score (nSPS) is 21.3. The number of aromatic nitrogens is 1. The lowest BCUT2D eigenvalue weighted by Gasteiger charge is -2.40. The summed E-state index contributed by atoms with van der Waals surface area (Å²) in [4.78, 5) is 20.0. The molecule has 0 radical (unpaired) electrons.